The molecule has 0 radical (unpaired) electrons. The van der Waals surface area contributed by atoms with Crippen LogP contribution in [0.15, 0.2) is 24.8 Å². The molecule has 3 rings (SSSR count). The average molecular weight is 303 g/mol. The van der Waals surface area contributed by atoms with Crippen molar-refractivity contribution >= 4 is 0 Å². The topological polar surface area (TPSA) is 56.9 Å². The van der Waals surface area contributed by atoms with E-state index in [0.717, 1.165) is 39.2 Å². The van der Waals surface area contributed by atoms with Crippen LogP contribution in [0.4, 0.5) is 0 Å². The minimum Gasteiger partial charge on any atom is -0.373 e. The third-order valence-corrected chi connectivity index (χ3v) is 4.27. The van der Waals surface area contributed by atoms with Gasteiger partial charge in [0.15, 0.2) is 0 Å². The summed E-state index contributed by atoms with van der Waals surface area (Å²) >= 11 is 0. The van der Waals surface area contributed by atoms with Gasteiger partial charge in [0.25, 0.3) is 0 Å². The van der Waals surface area contributed by atoms with Gasteiger partial charge in [-0.1, -0.05) is 0 Å². The number of hydrogen-bond donors (Lipinski definition) is 1. The minimum atomic E-state index is 0.172. The summed E-state index contributed by atoms with van der Waals surface area (Å²) in [4.78, 5) is 0. The molecule has 6 nitrogen and oxygen atoms in total. The summed E-state index contributed by atoms with van der Waals surface area (Å²) in [6, 6.07) is 0. The zero-order valence-electron chi connectivity index (χ0n) is 13.4. The van der Waals surface area contributed by atoms with Crippen molar-refractivity contribution in [2.75, 3.05) is 13.2 Å². The molecule has 0 saturated carbocycles. The predicted octanol–water partition coefficient (Wildman–Crippen LogP) is 1.99. The Hall–Kier alpha value is -1.66. The molecule has 0 spiro atoms. The molecule has 0 aromatic carbocycles. The van der Waals surface area contributed by atoms with Gasteiger partial charge in [-0.3, -0.25) is 9.36 Å². The molecule has 1 saturated heterocycles. The lowest BCUT2D eigenvalue weighted by Gasteiger charge is -2.17. The highest BCUT2D eigenvalue weighted by Gasteiger charge is 2.30. The molecule has 2 aromatic heterocycles. The van der Waals surface area contributed by atoms with Crippen LogP contribution in [0.3, 0.4) is 0 Å². The van der Waals surface area contributed by atoms with E-state index in [-0.39, 0.29) is 6.10 Å². The maximum absolute atomic E-state index is 5.92. The molecule has 1 aliphatic heterocycles. The lowest BCUT2D eigenvalue weighted by atomic mass is 9.97. The van der Waals surface area contributed by atoms with E-state index in [2.05, 4.69) is 41.8 Å². The van der Waals surface area contributed by atoms with E-state index in [1.165, 1.54) is 11.1 Å². The van der Waals surface area contributed by atoms with Crippen LogP contribution < -0.4 is 5.32 Å². The first kappa shape index (κ1) is 15.2. The van der Waals surface area contributed by atoms with Crippen molar-refractivity contribution in [3.8, 4) is 0 Å². The molecular formula is C16H25N5O. The Balaban J connectivity index is 1.52. The first-order valence-electron chi connectivity index (χ1n) is 8.16. The van der Waals surface area contributed by atoms with Gasteiger partial charge in [-0.15, -0.1) is 0 Å². The van der Waals surface area contributed by atoms with Crippen LogP contribution in [0.25, 0.3) is 0 Å². The van der Waals surface area contributed by atoms with Crippen molar-refractivity contribution in [1.82, 2.24) is 24.9 Å². The van der Waals surface area contributed by atoms with E-state index >= 15 is 0 Å². The van der Waals surface area contributed by atoms with Crippen molar-refractivity contribution in [3.05, 3.63) is 35.9 Å². The van der Waals surface area contributed by atoms with Crippen LogP contribution in [0.5, 0.6) is 0 Å². The molecule has 0 bridgehead atoms. The van der Waals surface area contributed by atoms with Crippen LogP contribution in [0.2, 0.25) is 0 Å². The smallest absolute Gasteiger partial charge is 0.0896 e. The van der Waals surface area contributed by atoms with Crippen molar-refractivity contribution in [2.24, 2.45) is 5.92 Å². The molecule has 1 aliphatic rings. The largest absolute Gasteiger partial charge is 0.373 e. The van der Waals surface area contributed by atoms with Gasteiger partial charge in [0, 0.05) is 62.2 Å². The quantitative estimate of drug-likeness (QED) is 0.850. The number of nitrogens with zero attached hydrogens (tertiary/aromatic N) is 4. The zero-order chi connectivity index (χ0) is 15.4. The molecule has 2 aromatic rings. The third-order valence-electron chi connectivity index (χ3n) is 4.27. The number of ether oxygens (including phenoxy) is 1. The van der Waals surface area contributed by atoms with Gasteiger partial charge in [0.2, 0.25) is 0 Å². The number of nitrogens with one attached hydrogen (secondary N) is 1. The Morgan fingerprint density at radius 2 is 1.95 bits per heavy atom. The molecule has 120 valence electrons. The maximum Gasteiger partial charge on any atom is 0.0896 e. The maximum atomic E-state index is 5.92. The Labute approximate surface area is 131 Å². The summed E-state index contributed by atoms with van der Waals surface area (Å²) in [6.45, 7) is 8.67. The number of rotatable bonds is 7. The molecule has 22 heavy (non-hydrogen) atoms. The molecule has 1 fully saturated rings. The number of aryl methyl sites for hydroxylation is 2. The van der Waals surface area contributed by atoms with Crippen molar-refractivity contribution in [3.63, 3.8) is 0 Å². The van der Waals surface area contributed by atoms with Gasteiger partial charge in [-0.2, -0.15) is 10.2 Å². The summed E-state index contributed by atoms with van der Waals surface area (Å²) in [5.74, 6) is 0.510. The lowest BCUT2D eigenvalue weighted by Crippen LogP contribution is -2.24. The van der Waals surface area contributed by atoms with E-state index in [1.807, 2.05) is 21.8 Å². The molecule has 1 N–H and O–H groups in total. The van der Waals surface area contributed by atoms with E-state index in [0.29, 0.717) is 5.92 Å². The first-order valence-corrected chi connectivity index (χ1v) is 8.16. The van der Waals surface area contributed by atoms with Crippen LogP contribution >= 0.6 is 0 Å². The molecule has 0 amide bonds. The van der Waals surface area contributed by atoms with Crippen LogP contribution in [-0.2, 0) is 24.4 Å². The summed E-state index contributed by atoms with van der Waals surface area (Å²) in [7, 11) is 0. The van der Waals surface area contributed by atoms with Crippen LogP contribution in [0, 0.1) is 5.92 Å². The molecule has 3 heterocycles. The van der Waals surface area contributed by atoms with Crippen LogP contribution in [-0.4, -0.2) is 32.7 Å². The fraction of sp³-hybridized carbons (Fsp3) is 0.625. The standard InChI is InChI=1S/C16H25N5O/c1-3-20-11-13(8-18-20)7-17-9-14-5-6-22-16(14)15-10-19-21(4-2)12-15/h8,10-12,14,16-17H,3-7,9H2,1-2H3/t14-,16-/m0/s1. The van der Waals surface area contributed by atoms with Gasteiger partial charge in [-0.05, 0) is 20.3 Å². The second kappa shape index (κ2) is 7.07. The second-order valence-corrected chi connectivity index (χ2v) is 5.80. The highest BCUT2D eigenvalue weighted by atomic mass is 16.5. The van der Waals surface area contributed by atoms with E-state index < -0.39 is 0 Å². The van der Waals surface area contributed by atoms with Gasteiger partial charge < -0.3 is 10.1 Å². The van der Waals surface area contributed by atoms with Gasteiger partial charge in [-0.25, -0.2) is 0 Å². The number of hydrogen-bond acceptors (Lipinski definition) is 4. The normalized spacial score (nSPS) is 21.5. The van der Waals surface area contributed by atoms with Gasteiger partial charge >= 0.3 is 0 Å². The monoisotopic (exact) mass is 303 g/mol. The molecule has 2 atom stereocenters. The second-order valence-electron chi connectivity index (χ2n) is 5.80. The Bertz CT molecular complexity index is 591. The molecule has 0 unspecified atom stereocenters. The highest BCUT2D eigenvalue weighted by Crippen LogP contribution is 2.33. The Morgan fingerprint density at radius 1 is 1.18 bits per heavy atom. The third kappa shape index (κ3) is 3.39. The van der Waals surface area contributed by atoms with Crippen LogP contribution in [0.1, 0.15) is 37.5 Å². The SMILES string of the molecule is CCn1cc(CNC[C@@H]2CCO[C@@H]2c2cnn(CC)c2)cn1. The molecule has 0 aliphatic carbocycles. The number of aromatic nitrogens is 4. The summed E-state index contributed by atoms with van der Waals surface area (Å²) < 4.78 is 9.84. The summed E-state index contributed by atoms with van der Waals surface area (Å²) in [5, 5.41) is 12.2. The van der Waals surface area contributed by atoms with Gasteiger partial charge in [0.05, 0.1) is 18.5 Å². The predicted molar refractivity (Wildman–Crippen MR) is 84.3 cm³/mol. The first-order chi connectivity index (χ1) is 10.8. The molecule has 6 heteroatoms. The lowest BCUT2D eigenvalue weighted by molar-refractivity contribution is 0.0904. The fourth-order valence-corrected chi connectivity index (χ4v) is 2.98. The van der Waals surface area contributed by atoms with Crippen molar-refractivity contribution in [2.45, 2.75) is 46.0 Å². The fourth-order valence-electron chi connectivity index (χ4n) is 2.98. The Morgan fingerprint density at radius 3 is 2.68 bits per heavy atom. The van der Waals surface area contributed by atoms with E-state index in [1.54, 1.807) is 0 Å². The summed E-state index contributed by atoms with van der Waals surface area (Å²) in [5.41, 5.74) is 2.43. The van der Waals surface area contributed by atoms with E-state index in [4.69, 9.17) is 4.74 Å². The Kier molecular flexibility index (Phi) is 4.90. The summed E-state index contributed by atoms with van der Waals surface area (Å²) in [6.07, 6.45) is 9.35. The van der Waals surface area contributed by atoms with Crippen molar-refractivity contribution in [1.29, 1.82) is 0 Å². The average Bonchev–Trinajstić information content (AvgIpc) is 3.27. The highest BCUT2D eigenvalue weighted by molar-refractivity contribution is 5.11. The minimum absolute atomic E-state index is 0.172. The van der Waals surface area contributed by atoms with Crippen molar-refractivity contribution < 1.29 is 4.74 Å². The molecular weight excluding hydrogens is 278 g/mol. The zero-order valence-corrected chi connectivity index (χ0v) is 13.4. The van der Waals surface area contributed by atoms with Gasteiger partial charge in [0.1, 0.15) is 0 Å². The van der Waals surface area contributed by atoms with E-state index in [9.17, 15) is 0 Å².